The lowest BCUT2D eigenvalue weighted by atomic mass is 9.99. The molecule has 0 aliphatic carbocycles. The van der Waals surface area contributed by atoms with Gasteiger partial charge in [0, 0.05) is 24.4 Å². The van der Waals surface area contributed by atoms with Gasteiger partial charge in [0.2, 0.25) is 0 Å². The Morgan fingerprint density at radius 2 is 2.25 bits per heavy atom. The normalized spacial score (nSPS) is 24.8. The van der Waals surface area contributed by atoms with E-state index < -0.39 is 0 Å². The molecule has 1 aliphatic rings. The zero-order valence-corrected chi connectivity index (χ0v) is 5.62. The summed E-state index contributed by atoms with van der Waals surface area (Å²) in [5.41, 5.74) is 0. The quantitative estimate of drug-likeness (QED) is 0.449. The molecule has 3 heteroatoms. The number of hydrogen-bond donors (Lipinski definition) is 3. The van der Waals surface area contributed by atoms with Crippen LogP contribution >= 0.6 is 12.6 Å². The van der Waals surface area contributed by atoms with Crippen molar-refractivity contribution in [2.24, 2.45) is 0 Å². The zero-order valence-electron chi connectivity index (χ0n) is 4.72. The summed E-state index contributed by atoms with van der Waals surface area (Å²) < 4.78 is 0.106. The average molecular weight is 133 g/mol. The van der Waals surface area contributed by atoms with Crippen molar-refractivity contribution in [2.45, 2.75) is 11.2 Å². The molecule has 0 aromatic carbocycles. The van der Waals surface area contributed by atoms with Crippen LogP contribution in [0.15, 0.2) is 0 Å². The highest BCUT2D eigenvalue weighted by atomic mass is 32.1. The molecule has 0 saturated carbocycles. The molecule has 0 aromatic heterocycles. The Morgan fingerprint density at radius 1 is 1.62 bits per heavy atom. The van der Waals surface area contributed by atoms with E-state index in [0.29, 0.717) is 0 Å². The molecule has 0 amide bonds. The molecule has 0 spiro atoms. The van der Waals surface area contributed by atoms with Gasteiger partial charge < -0.3 is 10.4 Å². The van der Waals surface area contributed by atoms with E-state index >= 15 is 0 Å². The minimum absolute atomic E-state index is 0.106. The van der Waals surface area contributed by atoms with Crippen LogP contribution in [0, 0.1) is 0 Å². The summed E-state index contributed by atoms with van der Waals surface area (Å²) >= 11 is 4.33. The molecule has 1 aliphatic heterocycles. The van der Waals surface area contributed by atoms with Gasteiger partial charge in [-0.1, -0.05) is 0 Å². The largest absolute Gasteiger partial charge is 0.396 e. The van der Waals surface area contributed by atoms with Crippen molar-refractivity contribution >= 4 is 12.6 Å². The Morgan fingerprint density at radius 3 is 2.38 bits per heavy atom. The molecule has 0 bridgehead atoms. The van der Waals surface area contributed by atoms with E-state index in [1.54, 1.807) is 0 Å². The van der Waals surface area contributed by atoms with Crippen molar-refractivity contribution in [3.63, 3.8) is 0 Å². The number of thiol groups is 1. The van der Waals surface area contributed by atoms with Gasteiger partial charge in [-0.15, -0.1) is 0 Å². The fourth-order valence-corrected chi connectivity index (χ4v) is 1.12. The first kappa shape index (κ1) is 6.39. The minimum atomic E-state index is 0.106. The monoisotopic (exact) mass is 133 g/mol. The van der Waals surface area contributed by atoms with Crippen LogP contribution in [-0.2, 0) is 0 Å². The van der Waals surface area contributed by atoms with E-state index in [-0.39, 0.29) is 11.4 Å². The van der Waals surface area contributed by atoms with Gasteiger partial charge in [-0.3, -0.25) is 0 Å². The Balaban J connectivity index is 2.20. The van der Waals surface area contributed by atoms with E-state index in [9.17, 15) is 0 Å². The summed E-state index contributed by atoms with van der Waals surface area (Å²) in [6.07, 6.45) is 0.809. The lowest BCUT2D eigenvalue weighted by molar-refractivity contribution is 0.242. The minimum Gasteiger partial charge on any atom is -0.396 e. The maximum atomic E-state index is 8.49. The summed E-state index contributed by atoms with van der Waals surface area (Å²) in [5.74, 6) is 0. The molecule has 0 radical (unpaired) electrons. The highest BCUT2D eigenvalue weighted by molar-refractivity contribution is 7.82. The number of aliphatic hydroxyl groups excluding tert-OH is 1. The number of aliphatic hydroxyl groups is 1. The molecule has 1 saturated heterocycles. The van der Waals surface area contributed by atoms with E-state index in [2.05, 4.69) is 17.9 Å². The van der Waals surface area contributed by atoms with Crippen LogP contribution in [0.5, 0.6) is 0 Å². The Bertz CT molecular complexity index is 82.5. The fourth-order valence-electron chi connectivity index (χ4n) is 0.798. The molecule has 1 rings (SSSR count). The maximum Gasteiger partial charge on any atom is 0.0445 e. The predicted octanol–water partition coefficient (Wildman–Crippen LogP) is -0.359. The summed E-state index contributed by atoms with van der Waals surface area (Å²) in [6, 6.07) is 0. The Hall–Kier alpha value is 0.270. The van der Waals surface area contributed by atoms with Gasteiger partial charge >= 0.3 is 0 Å². The average Bonchev–Trinajstić information content (AvgIpc) is 1.64. The van der Waals surface area contributed by atoms with Crippen molar-refractivity contribution in [2.75, 3.05) is 19.7 Å². The van der Waals surface area contributed by atoms with Crippen molar-refractivity contribution in [1.29, 1.82) is 0 Å². The second-order valence-corrected chi connectivity index (χ2v) is 3.25. The third-order valence-corrected chi connectivity index (χ3v) is 2.03. The molecule has 2 N–H and O–H groups in total. The van der Waals surface area contributed by atoms with Crippen LogP contribution in [-0.4, -0.2) is 29.5 Å². The molecule has 1 fully saturated rings. The highest BCUT2D eigenvalue weighted by Crippen LogP contribution is 2.22. The molecule has 2 nitrogen and oxygen atoms in total. The van der Waals surface area contributed by atoms with Gasteiger partial charge in [-0.05, 0) is 6.42 Å². The van der Waals surface area contributed by atoms with Gasteiger partial charge in [-0.25, -0.2) is 0 Å². The third-order valence-electron chi connectivity index (χ3n) is 1.49. The summed E-state index contributed by atoms with van der Waals surface area (Å²) in [6.45, 7) is 2.14. The zero-order chi connectivity index (χ0) is 6.04. The second kappa shape index (κ2) is 2.25. The standard InChI is InChI=1S/C5H11NOS/c7-2-1-5(8)3-6-4-5/h6-8H,1-4H2. The van der Waals surface area contributed by atoms with E-state index in [4.69, 9.17) is 5.11 Å². The molecular formula is C5H11NOS. The van der Waals surface area contributed by atoms with Gasteiger partial charge in [0.15, 0.2) is 0 Å². The molecule has 0 unspecified atom stereocenters. The predicted molar refractivity (Wildman–Crippen MR) is 36.3 cm³/mol. The van der Waals surface area contributed by atoms with Crippen molar-refractivity contribution in [3.05, 3.63) is 0 Å². The first-order valence-corrected chi connectivity index (χ1v) is 3.25. The number of rotatable bonds is 2. The van der Waals surface area contributed by atoms with Crippen LogP contribution < -0.4 is 5.32 Å². The topological polar surface area (TPSA) is 32.3 Å². The van der Waals surface area contributed by atoms with Crippen LogP contribution in [0.4, 0.5) is 0 Å². The van der Waals surface area contributed by atoms with E-state index in [1.807, 2.05) is 0 Å². The first-order valence-electron chi connectivity index (χ1n) is 2.81. The second-order valence-electron chi connectivity index (χ2n) is 2.30. The van der Waals surface area contributed by atoms with Crippen LogP contribution in [0.1, 0.15) is 6.42 Å². The molecular weight excluding hydrogens is 122 g/mol. The Kier molecular flexibility index (Phi) is 1.80. The van der Waals surface area contributed by atoms with Gasteiger partial charge in [-0.2, -0.15) is 12.6 Å². The Labute approximate surface area is 54.7 Å². The SMILES string of the molecule is OCCC1(S)CNC1. The summed E-state index contributed by atoms with van der Waals surface area (Å²) in [5, 5.41) is 11.6. The first-order chi connectivity index (χ1) is 3.77. The fraction of sp³-hybridized carbons (Fsp3) is 1.00. The molecule has 0 atom stereocenters. The van der Waals surface area contributed by atoms with Crippen LogP contribution in [0.25, 0.3) is 0 Å². The third kappa shape index (κ3) is 1.16. The molecule has 48 valence electrons. The maximum absolute atomic E-state index is 8.49. The van der Waals surface area contributed by atoms with Crippen LogP contribution in [0.3, 0.4) is 0 Å². The lowest BCUT2D eigenvalue weighted by Crippen LogP contribution is -2.55. The number of hydrogen-bond acceptors (Lipinski definition) is 3. The van der Waals surface area contributed by atoms with Gasteiger partial charge in [0.25, 0.3) is 0 Å². The van der Waals surface area contributed by atoms with E-state index in [1.165, 1.54) is 0 Å². The van der Waals surface area contributed by atoms with Gasteiger partial charge in [0.1, 0.15) is 0 Å². The molecule has 8 heavy (non-hydrogen) atoms. The molecule has 1 heterocycles. The highest BCUT2D eigenvalue weighted by Gasteiger charge is 2.31. The molecule has 0 aromatic rings. The van der Waals surface area contributed by atoms with Crippen molar-refractivity contribution < 1.29 is 5.11 Å². The van der Waals surface area contributed by atoms with Gasteiger partial charge in [0.05, 0.1) is 0 Å². The number of nitrogens with one attached hydrogen (secondary N) is 1. The smallest absolute Gasteiger partial charge is 0.0445 e. The lowest BCUT2D eigenvalue weighted by Gasteiger charge is -2.37. The van der Waals surface area contributed by atoms with Crippen LogP contribution in [0.2, 0.25) is 0 Å². The summed E-state index contributed by atoms with van der Waals surface area (Å²) in [4.78, 5) is 0. The van der Waals surface area contributed by atoms with Crippen molar-refractivity contribution in [1.82, 2.24) is 5.32 Å². The summed E-state index contributed by atoms with van der Waals surface area (Å²) in [7, 11) is 0. The van der Waals surface area contributed by atoms with E-state index in [0.717, 1.165) is 19.5 Å². The van der Waals surface area contributed by atoms with Crippen molar-refractivity contribution in [3.8, 4) is 0 Å².